The lowest BCUT2D eigenvalue weighted by Gasteiger charge is -2.34. The highest BCUT2D eigenvalue weighted by Gasteiger charge is 2.40. The molecule has 0 amide bonds. The highest BCUT2D eigenvalue weighted by Crippen LogP contribution is 2.44. The number of aromatic nitrogens is 3. The third-order valence-corrected chi connectivity index (χ3v) is 5.37. The number of anilines is 1. The van der Waals surface area contributed by atoms with Crippen LogP contribution in [0, 0.1) is 6.92 Å². The number of halogens is 1. The molecule has 1 N–H and O–H groups in total. The molecule has 0 spiro atoms. The van der Waals surface area contributed by atoms with Crippen LogP contribution in [0.25, 0.3) is 0 Å². The van der Waals surface area contributed by atoms with Gasteiger partial charge >= 0.3 is 0 Å². The quantitative estimate of drug-likeness (QED) is 0.719. The van der Waals surface area contributed by atoms with Crippen LogP contribution in [-0.4, -0.2) is 20.5 Å². The summed E-state index contributed by atoms with van der Waals surface area (Å²) in [5, 5.41) is 8.49. The van der Waals surface area contributed by atoms with Crippen LogP contribution in [0.15, 0.2) is 58.3 Å². The first-order valence-electron chi connectivity index (χ1n) is 8.85. The Labute approximate surface area is 160 Å². The summed E-state index contributed by atoms with van der Waals surface area (Å²) in [5.41, 5.74) is 2.54. The molecule has 0 radical (unpaired) electrons. The first-order valence-corrected chi connectivity index (χ1v) is 9.23. The number of rotatable bonds is 2. The monoisotopic (exact) mass is 380 g/mol. The lowest BCUT2D eigenvalue weighted by atomic mass is 9.79. The minimum Gasteiger partial charge on any atom is -0.469 e. The van der Waals surface area contributed by atoms with Gasteiger partial charge in [0.2, 0.25) is 5.95 Å². The highest BCUT2D eigenvalue weighted by molar-refractivity contribution is 6.30. The van der Waals surface area contributed by atoms with Gasteiger partial charge in [-0.1, -0.05) is 23.7 Å². The number of carbonyl (C=O) groups excluding carboxylic acids is 1. The Morgan fingerprint density at radius 3 is 2.93 bits per heavy atom. The Morgan fingerprint density at radius 1 is 1.26 bits per heavy atom. The molecule has 1 aromatic carbocycles. The average Bonchev–Trinajstić information content (AvgIpc) is 3.28. The first kappa shape index (κ1) is 16.3. The SMILES string of the molecule is Cc1nc2n(n1)[C@@H](c1cccc(Cl)c1)C1=C(C[C@@H](c3ccco3)CC1=O)N2. The van der Waals surface area contributed by atoms with E-state index in [9.17, 15) is 4.79 Å². The van der Waals surface area contributed by atoms with Crippen molar-refractivity contribution in [1.82, 2.24) is 14.8 Å². The number of allylic oxidation sites excluding steroid dienone is 2. The number of ketones is 1. The van der Waals surface area contributed by atoms with Crippen molar-refractivity contribution in [2.24, 2.45) is 0 Å². The normalized spacial score (nSPS) is 21.6. The molecule has 5 rings (SSSR count). The lowest BCUT2D eigenvalue weighted by Crippen LogP contribution is -2.33. The summed E-state index contributed by atoms with van der Waals surface area (Å²) in [6.07, 6.45) is 2.75. The first-order chi connectivity index (χ1) is 13.1. The smallest absolute Gasteiger partial charge is 0.226 e. The van der Waals surface area contributed by atoms with Gasteiger partial charge in [0, 0.05) is 28.6 Å². The molecule has 27 heavy (non-hydrogen) atoms. The molecule has 0 unspecified atom stereocenters. The number of fused-ring (bicyclic) bond motifs is 1. The van der Waals surface area contributed by atoms with Crippen molar-refractivity contribution in [3.63, 3.8) is 0 Å². The summed E-state index contributed by atoms with van der Waals surface area (Å²) in [6, 6.07) is 11.0. The number of aryl methyl sites for hydroxylation is 1. The summed E-state index contributed by atoms with van der Waals surface area (Å²) < 4.78 is 7.33. The number of nitrogens with one attached hydrogen (secondary N) is 1. The van der Waals surface area contributed by atoms with Crippen LogP contribution in [0.2, 0.25) is 5.02 Å². The number of hydrogen-bond acceptors (Lipinski definition) is 5. The number of furan rings is 1. The maximum Gasteiger partial charge on any atom is 0.226 e. The van der Waals surface area contributed by atoms with Crippen molar-refractivity contribution in [3.05, 3.63) is 76.1 Å². The molecule has 7 heteroatoms. The van der Waals surface area contributed by atoms with Gasteiger partial charge < -0.3 is 9.73 Å². The van der Waals surface area contributed by atoms with E-state index in [-0.39, 0.29) is 17.7 Å². The zero-order chi connectivity index (χ0) is 18.5. The molecular formula is C20H17ClN4O2. The Morgan fingerprint density at radius 2 is 2.15 bits per heavy atom. The zero-order valence-electron chi connectivity index (χ0n) is 14.6. The number of nitrogens with zero attached hydrogens (tertiary/aromatic N) is 3. The van der Waals surface area contributed by atoms with Crippen molar-refractivity contribution >= 4 is 23.3 Å². The van der Waals surface area contributed by atoms with Gasteiger partial charge in [-0.05, 0) is 43.2 Å². The summed E-state index contributed by atoms with van der Waals surface area (Å²) in [4.78, 5) is 17.7. The second kappa shape index (κ2) is 6.09. The number of Topliss-reactive ketones (excluding diaryl/α,β-unsaturated/α-hetero) is 1. The van der Waals surface area contributed by atoms with E-state index in [0.29, 0.717) is 29.6 Å². The summed E-state index contributed by atoms with van der Waals surface area (Å²) >= 11 is 6.22. The molecule has 3 heterocycles. The second-order valence-corrected chi connectivity index (χ2v) is 7.38. The molecule has 2 aromatic heterocycles. The van der Waals surface area contributed by atoms with Crippen LogP contribution in [0.3, 0.4) is 0 Å². The van der Waals surface area contributed by atoms with Gasteiger partial charge in [-0.15, -0.1) is 0 Å². The van der Waals surface area contributed by atoms with Crippen molar-refractivity contribution in [2.45, 2.75) is 31.7 Å². The highest BCUT2D eigenvalue weighted by atomic mass is 35.5. The Bertz CT molecular complexity index is 1070. The molecule has 1 aliphatic carbocycles. The molecule has 2 atom stereocenters. The fraction of sp³-hybridized carbons (Fsp3) is 0.250. The van der Waals surface area contributed by atoms with Crippen LogP contribution < -0.4 is 5.32 Å². The van der Waals surface area contributed by atoms with E-state index in [4.69, 9.17) is 16.0 Å². The van der Waals surface area contributed by atoms with Crippen LogP contribution in [0.1, 0.15) is 41.9 Å². The van der Waals surface area contributed by atoms with Gasteiger partial charge in [0.15, 0.2) is 5.78 Å². The molecule has 0 saturated carbocycles. The van der Waals surface area contributed by atoms with Crippen molar-refractivity contribution in [1.29, 1.82) is 0 Å². The van der Waals surface area contributed by atoms with Crippen molar-refractivity contribution in [3.8, 4) is 0 Å². The minimum atomic E-state index is -0.332. The summed E-state index contributed by atoms with van der Waals surface area (Å²) in [5.74, 6) is 2.24. The summed E-state index contributed by atoms with van der Waals surface area (Å²) in [6.45, 7) is 1.84. The van der Waals surface area contributed by atoms with Gasteiger partial charge in [-0.25, -0.2) is 4.68 Å². The van der Waals surface area contributed by atoms with E-state index in [0.717, 1.165) is 22.6 Å². The summed E-state index contributed by atoms with van der Waals surface area (Å²) in [7, 11) is 0. The van der Waals surface area contributed by atoms with Crippen LogP contribution in [0.5, 0.6) is 0 Å². The molecule has 0 saturated heterocycles. The Balaban J connectivity index is 1.65. The van der Waals surface area contributed by atoms with E-state index >= 15 is 0 Å². The number of carbonyl (C=O) groups is 1. The van der Waals surface area contributed by atoms with Crippen molar-refractivity contribution < 1.29 is 9.21 Å². The molecule has 3 aromatic rings. The second-order valence-electron chi connectivity index (χ2n) is 6.95. The van der Waals surface area contributed by atoms with E-state index in [1.165, 1.54) is 0 Å². The predicted molar refractivity (Wildman–Crippen MR) is 101 cm³/mol. The Hall–Kier alpha value is -2.86. The standard InChI is InChI=1S/C20H17ClN4O2/c1-11-22-20-23-15-9-13(17-6-3-7-27-17)10-16(26)18(15)19(25(20)24-11)12-4-2-5-14(21)8-12/h2-8,13,19H,9-10H2,1H3,(H,22,23,24)/t13-,19+/m1/s1. The average molecular weight is 381 g/mol. The van der Waals surface area contributed by atoms with Crippen LogP contribution >= 0.6 is 11.6 Å². The lowest BCUT2D eigenvalue weighted by molar-refractivity contribution is -0.117. The van der Waals surface area contributed by atoms with Gasteiger partial charge in [0.25, 0.3) is 0 Å². The van der Waals surface area contributed by atoms with Crippen molar-refractivity contribution in [2.75, 3.05) is 5.32 Å². The fourth-order valence-corrected chi connectivity index (χ4v) is 4.23. The largest absolute Gasteiger partial charge is 0.469 e. The fourth-order valence-electron chi connectivity index (χ4n) is 4.03. The van der Waals surface area contributed by atoms with E-state index in [1.807, 2.05) is 43.3 Å². The van der Waals surface area contributed by atoms with Gasteiger partial charge in [0.1, 0.15) is 17.6 Å². The third kappa shape index (κ3) is 2.68. The minimum absolute atomic E-state index is 0.0225. The maximum absolute atomic E-state index is 13.2. The molecule has 2 aliphatic rings. The van der Waals surface area contributed by atoms with E-state index in [1.54, 1.807) is 10.9 Å². The number of hydrogen-bond donors (Lipinski definition) is 1. The molecule has 1 aliphatic heterocycles. The topological polar surface area (TPSA) is 73.0 Å². The van der Waals surface area contributed by atoms with Crippen LogP contribution in [0.4, 0.5) is 5.95 Å². The molecule has 0 bridgehead atoms. The van der Waals surface area contributed by atoms with E-state index < -0.39 is 0 Å². The van der Waals surface area contributed by atoms with Gasteiger partial charge in [-0.3, -0.25) is 4.79 Å². The van der Waals surface area contributed by atoms with E-state index in [2.05, 4.69) is 15.4 Å². The Kier molecular flexibility index (Phi) is 3.68. The predicted octanol–water partition coefficient (Wildman–Crippen LogP) is 4.25. The maximum atomic E-state index is 13.2. The third-order valence-electron chi connectivity index (χ3n) is 5.14. The van der Waals surface area contributed by atoms with Gasteiger partial charge in [-0.2, -0.15) is 10.1 Å². The molecule has 136 valence electrons. The zero-order valence-corrected chi connectivity index (χ0v) is 15.4. The van der Waals surface area contributed by atoms with Crippen LogP contribution in [-0.2, 0) is 4.79 Å². The van der Waals surface area contributed by atoms with Gasteiger partial charge in [0.05, 0.1) is 6.26 Å². The molecule has 0 fully saturated rings. The molecular weight excluding hydrogens is 364 g/mol. The number of benzene rings is 1. The molecule has 6 nitrogen and oxygen atoms in total.